The molecule has 1 aliphatic heterocycles. The fourth-order valence-electron chi connectivity index (χ4n) is 2.34. The molecule has 2 rings (SSSR count). The molecular weight excluding hydrogens is 300 g/mol. The van der Waals surface area contributed by atoms with Gasteiger partial charge in [-0.3, -0.25) is 0 Å². The number of nitrogens with zero attached hydrogens (tertiary/aromatic N) is 1. The van der Waals surface area contributed by atoms with E-state index in [9.17, 15) is 16.8 Å². The van der Waals surface area contributed by atoms with Gasteiger partial charge in [0.2, 0.25) is 10.0 Å². The Labute approximate surface area is 119 Å². The van der Waals surface area contributed by atoms with Crippen molar-refractivity contribution in [1.82, 2.24) is 4.31 Å². The molecule has 1 aromatic carbocycles. The molecule has 0 aliphatic carbocycles. The van der Waals surface area contributed by atoms with E-state index < -0.39 is 25.9 Å². The van der Waals surface area contributed by atoms with Crippen LogP contribution in [0.25, 0.3) is 0 Å². The highest BCUT2D eigenvalue weighted by Crippen LogP contribution is 2.25. The molecular formula is C12H18N2O4S2. The van der Waals surface area contributed by atoms with Crippen LogP contribution in [0.5, 0.6) is 0 Å². The fraction of sp³-hybridized carbons (Fsp3) is 0.500. The minimum absolute atomic E-state index is 0.0378. The SMILES string of the molecule is CN(C1CCS(=O)(=O)C1)S(=O)(=O)c1ccccc1CN. The minimum Gasteiger partial charge on any atom is -0.326 e. The highest BCUT2D eigenvalue weighted by atomic mass is 32.2. The normalized spacial score (nSPS) is 22.2. The van der Waals surface area contributed by atoms with Gasteiger partial charge in [0.15, 0.2) is 9.84 Å². The summed E-state index contributed by atoms with van der Waals surface area (Å²) in [5.41, 5.74) is 6.09. The second kappa shape index (κ2) is 5.44. The van der Waals surface area contributed by atoms with Crippen molar-refractivity contribution in [3.63, 3.8) is 0 Å². The Morgan fingerprint density at radius 3 is 2.55 bits per heavy atom. The Balaban J connectivity index is 2.35. The standard InChI is InChI=1S/C12H18N2O4S2/c1-14(11-6-7-19(15,16)9-11)20(17,18)12-5-3-2-4-10(12)8-13/h2-5,11H,6-9,13H2,1H3. The molecule has 2 N–H and O–H groups in total. The van der Waals surface area contributed by atoms with E-state index >= 15 is 0 Å². The largest absolute Gasteiger partial charge is 0.326 e. The van der Waals surface area contributed by atoms with E-state index in [-0.39, 0.29) is 22.9 Å². The highest BCUT2D eigenvalue weighted by molar-refractivity contribution is 7.92. The maximum Gasteiger partial charge on any atom is 0.243 e. The Kier molecular flexibility index (Phi) is 4.19. The summed E-state index contributed by atoms with van der Waals surface area (Å²) in [6.45, 7) is 0.117. The van der Waals surface area contributed by atoms with E-state index in [1.54, 1.807) is 18.2 Å². The van der Waals surface area contributed by atoms with E-state index in [1.165, 1.54) is 13.1 Å². The van der Waals surface area contributed by atoms with Gasteiger partial charge in [-0.1, -0.05) is 18.2 Å². The van der Waals surface area contributed by atoms with Gasteiger partial charge >= 0.3 is 0 Å². The van der Waals surface area contributed by atoms with Crippen LogP contribution in [0.1, 0.15) is 12.0 Å². The molecule has 1 aromatic rings. The highest BCUT2D eigenvalue weighted by Gasteiger charge is 2.36. The van der Waals surface area contributed by atoms with Gasteiger partial charge in [0, 0.05) is 19.6 Å². The molecule has 1 heterocycles. The summed E-state index contributed by atoms with van der Waals surface area (Å²) in [6, 6.07) is 6.01. The third-order valence-corrected chi connectivity index (χ3v) is 7.33. The van der Waals surface area contributed by atoms with Crippen molar-refractivity contribution in [3.8, 4) is 0 Å². The Bertz CT molecular complexity index is 698. The summed E-state index contributed by atoms with van der Waals surface area (Å²) in [5, 5.41) is 0. The smallest absolute Gasteiger partial charge is 0.243 e. The van der Waals surface area contributed by atoms with Crippen LogP contribution in [-0.2, 0) is 26.4 Å². The molecule has 1 saturated heterocycles. The lowest BCUT2D eigenvalue weighted by molar-refractivity contribution is 0.393. The van der Waals surface area contributed by atoms with E-state index in [2.05, 4.69) is 0 Å². The molecule has 6 nitrogen and oxygen atoms in total. The first-order chi connectivity index (χ1) is 9.28. The average molecular weight is 318 g/mol. The summed E-state index contributed by atoms with van der Waals surface area (Å²) in [6.07, 6.45) is 0.336. The molecule has 20 heavy (non-hydrogen) atoms. The summed E-state index contributed by atoms with van der Waals surface area (Å²) in [4.78, 5) is 0.147. The third-order valence-electron chi connectivity index (χ3n) is 3.57. The lowest BCUT2D eigenvalue weighted by atomic mass is 10.2. The molecule has 8 heteroatoms. The van der Waals surface area contributed by atoms with Crippen molar-refractivity contribution < 1.29 is 16.8 Å². The number of benzene rings is 1. The van der Waals surface area contributed by atoms with Crippen LogP contribution >= 0.6 is 0 Å². The van der Waals surface area contributed by atoms with Crippen LogP contribution in [0.15, 0.2) is 29.2 Å². The summed E-state index contributed by atoms with van der Waals surface area (Å²) in [7, 11) is -5.43. The zero-order valence-corrected chi connectivity index (χ0v) is 12.8. The maximum absolute atomic E-state index is 12.6. The number of hydrogen-bond donors (Lipinski definition) is 1. The maximum atomic E-state index is 12.6. The summed E-state index contributed by atoms with van der Waals surface area (Å²) < 4.78 is 49.3. The van der Waals surface area contributed by atoms with Crippen molar-refractivity contribution in [2.75, 3.05) is 18.6 Å². The first kappa shape index (κ1) is 15.4. The molecule has 0 spiro atoms. The zero-order chi connectivity index (χ0) is 15.0. The first-order valence-electron chi connectivity index (χ1n) is 6.24. The molecule has 1 aliphatic rings. The molecule has 0 radical (unpaired) electrons. The first-order valence-corrected chi connectivity index (χ1v) is 9.50. The molecule has 0 aromatic heterocycles. The van der Waals surface area contributed by atoms with Gasteiger partial charge < -0.3 is 5.73 Å². The van der Waals surface area contributed by atoms with E-state index in [0.29, 0.717) is 12.0 Å². The van der Waals surface area contributed by atoms with Crippen LogP contribution in [0.4, 0.5) is 0 Å². The predicted octanol–water partition coefficient (Wildman–Crippen LogP) is -0.0471. The van der Waals surface area contributed by atoms with Crippen molar-refractivity contribution in [3.05, 3.63) is 29.8 Å². The number of sulfone groups is 1. The van der Waals surface area contributed by atoms with E-state index in [4.69, 9.17) is 5.73 Å². The summed E-state index contributed by atoms with van der Waals surface area (Å²) >= 11 is 0. The van der Waals surface area contributed by atoms with Gasteiger partial charge in [-0.2, -0.15) is 4.31 Å². The van der Waals surface area contributed by atoms with E-state index in [1.807, 2.05) is 0 Å². The lowest BCUT2D eigenvalue weighted by Gasteiger charge is -2.23. The van der Waals surface area contributed by atoms with Crippen LogP contribution in [0.2, 0.25) is 0 Å². The zero-order valence-electron chi connectivity index (χ0n) is 11.2. The predicted molar refractivity (Wildman–Crippen MR) is 76.3 cm³/mol. The van der Waals surface area contributed by atoms with Gasteiger partial charge in [-0.25, -0.2) is 16.8 Å². The van der Waals surface area contributed by atoms with Crippen LogP contribution in [-0.4, -0.2) is 45.7 Å². The van der Waals surface area contributed by atoms with Crippen molar-refractivity contribution in [2.45, 2.75) is 23.9 Å². The number of sulfonamides is 1. The van der Waals surface area contributed by atoms with Crippen molar-refractivity contribution >= 4 is 19.9 Å². The summed E-state index contributed by atoms with van der Waals surface area (Å²) in [5.74, 6) is -0.0798. The van der Waals surface area contributed by atoms with Crippen LogP contribution < -0.4 is 5.73 Å². The van der Waals surface area contributed by atoms with Gasteiger partial charge in [-0.15, -0.1) is 0 Å². The number of hydrogen-bond acceptors (Lipinski definition) is 5. The van der Waals surface area contributed by atoms with Crippen LogP contribution in [0, 0.1) is 0 Å². The van der Waals surface area contributed by atoms with Gasteiger partial charge in [-0.05, 0) is 18.1 Å². The Morgan fingerprint density at radius 1 is 1.35 bits per heavy atom. The average Bonchev–Trinajstić information content (AvgIpc) is 2.78. The fourth-order valence-corrected chi connectivity index (χ4v) is 5.82. The number of nitrogens with two attached hydrogens (primary N) is 1. The topological polar surface area (TPSA) is 97.5 Å². The van der Waals surface area contributed by atoms with Gasteiger partial charge in [0.1, 0.15) is 0 Å². The van der Waals surface area contributed by atoms with Crippen LogP contribution in [0.3, 0.4) is 0 Å². The molecule has 0 bridgehead atoms. The van der Waals surface area contributed by atoms with Gasteiger partial charge in [0.05, 0.1) is 16.4 Å². The second-order valence-electron chi connectivity index (χ2n) is 4.89. The quantitative estimate of drug-likeness (QED) is 0.839. The van der Waals surface area contributed by atoms with Crippen molar-refractivity contribution in [2.24, 2.45) is 5.73 Å². The monoisotopic (exact) mass is 318 g/mol. The molecule has 0 amide bonds. The molecule has 0 saturated carbocycles. The minimum atomic E-state index is -3.73. The molecule has 112 valence electrons. The molecule has 1 atom stereocenters. The Morgan fingerprint density at radius 2 is 2.00 bits per heavy atom. The molecule has 1 fully saturated rings. The van der Waals surface area contributed by atoms with Crippen molar-refractivity contribution in [1.29, 1.82) is 0 Å². The van der Waals surface area contributed by atoms with Gasteiger partial charge in [0.25, 0.3) is 0 Å². The number of rotatable bonds is 4. The second-order valence-corrected chi connectivity index (χ2v) is 9.08. The van der Waals surface area contributed by atoms with E-state index in [0.717, 1.165) is 4.31 Å². The lowest BCUT2D eigenvalue weighted by Crippen LogP contribution is -2.38. The Hall–Kier alpha value is -0.960. The molecule has 1 unspecified atom stereocenters. The third kappa shape index (κ3) is 2.88.